The normalized spacial score (nSPS) is 13.8. The Kier molecular flexibility index (Phi) is 4.30. The number of amides is 1. The molecule has 0 aliphatic heterocycles. The molecular formula is C14H18N4O. The van der Waals surface area contributed by atoms with Gasteiger partial charge in [0.05, 0.1) is 6.54 Å². The molecule has 0 saturated heterocycles. The Morgan fingerprint density at radius 2 is 2.11 bits per heavy atom. The van der Waals surface area contributed by atoms with Crippen molar-refractivity contribution in [2.24, 2.45) is 5.73 Å². The molecule has 100 valence electrons. The first-order valence-electron chi connectivity index (χ1n) is 6.25. The molecule has 0 saturated carbocycles. The van der Waals surface area contributed by atoms with E-state index in [1.165, 1.54) is 0 Å². The Balaban J connectivity index is 1.90. The zero-order chi connectivity index (χ0) is 13.7. The van der Waals surface area contributed by atoms with Crippen LogP contribution in [0.15, 0.2) is 48.8 Å². The third-order valence-electron chi connectivity index (χ3n) is 2.85. The molecular weight excluding hydrogens is 240 g/mol. The first-order valence-corrected chi connectivity index (χ1v) is 6.25. The largest absolute Gasteiger partial charge is 0.350 e. The fourth-order valence-electron chi connectivity index (χ4n) is 1.88. The topological polar surface area (TPSA) is 72.9 Å². The molecule has 2 rings (SSSR count). The number of nitrogens with zero attached hydrogens (tertiary/aromatic N) is 2. The van der Waals surface area contributed by atoms with Crippen LogP contribution in [0.4, 0.5) is 0 Å². The van der Waals surface area contributed by atoms with E-state index < -0.39 is 6.04 Å². The highest BCUT2D eigenvalue weighted by Crippen LogP contribution is 2.09. The summed E-state index contributed by atoms with van der Waals surface area (Å²) in [5.41, 5.74) is 6.74. The molecule has 1 unspecified atom stereocenters. The minimum absolute atomic E-state index is 0.0258. The summed E-state index contributed by atoms with van der Waals surface area (Å²) in [4.78, 5) is 12.0. The van der Waals surface area contributed by atoms with Crippen molar-refractivity contribution in [3.05, 3.63) is 54.4 Å². The summed E-state index contributed by atoms with van der Waals surface area (Å²) < 4.78 is 1.78. The molecule has 2 atom stereocenters. The van der Waals surface area contributed by atoms with Gasteiger partial charge in [0.2, 0.25) is 5.91 Å². The molecule has 5 heteroatoms. The fraction of sp³-hybridized carbons (Fsp3) is 0.286. The monoisotopic (exact) mass is 258 g/mol. The Morgan fingerprint density at radius 1 is 1.37 bits per heavy atom. The van der Waals surface area contributed by atoms with E-state index in [1.807, 2.05) is 49.5 Å². The lowest BCUT2D eigenvalue weighted by Gasteiger charge is -2.17. The number of aromatic nitrogens is 2. The van der Waals surface area contributed by atoms with E-state index in [2.05, 4.69) is 10.4 Å². The minimum Gasteiger partial charge on any atom is -0.350 e. The molecule has 0 fully saturated rings. The van der Waals surface area contributed by atoms with Crippen LogP contribution in [0.1, 0.15) is 18.5 Å². The Hall–Kier alpha value is -2.14. The fourth-order valence-corrected chi connectivity index (χ4v) is 1.88. The van der Waals surface area contributed by atoms with Crippen molar-refractivity contribution in [3.8, 4) is 0 Å². The zero-order valence-electron chi connectivity index (χ0n) is 10.9. The van der Waals surface area contributed by atoms with Crippen LogP contribution < -0.4 is 11.1 Å². The number of hydrogen-bond donors (Lipinski definition) is 2. The van der Waals surface area contributed by atoms with Crippen LogP contribution >= 0.6 is 0 Å². The summed E-state index contributed by atoms with van der Waals surface area (Å²) in [7, 11) is 0. The van der Waals surface area contributed by atoms with Gasteiger partial charge in [0.15, 0.2) is 0 Å². The summed E-state index contributed by atoms with van der Waals surface area (Å²) in [6.07, 6.45) is 3.57. The number of rotatable bonds is 5. The predicted molar refractivity (Wildman–Crippen MR) is 73.2 cm³/mol. The molecule has 19 heavy (non-hydrogen) atoms. The average Bonchev–Trinajstić information content (AvgIpc) is 2.91. The Morgan fingerprint density at radius 3 is 2.74 bits per heavy atom. The molecule has 1 aromatic carbocycles. The molecule has 0 spiro atoms. The lowest BCUT2D eigenvalue weighted by Crippen LogP contribution is -2.41. The maximum Gasteiger partial charge on any atom is 0.241 e. The first-order chi connectivity index (χ1) is 9.16. The van der Waals surface area contributed by atoms with E-state index in [0.717, 1.165) is 5.56 Å². The maximum absolute atomic E-state index is 12.0. The number of carbonyl (C=O) groups excluding carboxylic acids is 1. The third kappa shape index (κ3) is 3.66. The first kappa shape index (κ1) is 13.3. The van der Waals surface area contributed by atoms with Crippen molar-refractivity contribution in [1.82, 2.24) is 15.1 Å². The molecule has 0 aliphatic rings. The number of carbonyl (C=O) groups is 1. The molecule has 0 aliphatic carbocycles. The van der Waals surface area contributed by atoms with Gasteiger partial charge in [-0.15, -0.1) is 0 Å². The Labute approximate surface area is 112 Å². The van der Waals surface area contributed by atoms with Gasteiger partial charge in [0, 0.05) is 18.4 Å². The maximum atomic E-state index is 12.0. The lowest BCUT2D eigenvalue weighted by atomic mass is 10.1. The molecule has 0 radical (unpaired) electrons. The van der Waals surface area contributed by atoms with Crippen LogP contribution in [0.3, 0.4) is 0 Å². The van der Waals surface area contributed by atoms with Crippen molar-refractivity contribution in [2.45, 2.75) is 25.6 Å². The van der Waals surface area contributed by atoms with Gasteiger partial charge < -0.3 is 11.1 Å². The van der Waals surface area contributed by atoms with Crippen molar-refractivity contribution < 1.29 is 4.79 Å². The third-order valence-corrected chi connectivity index (χ3v) is 2.85. The molecule has 1 amide bonds. The minimum atomic E-state index is -0.638. The summed E-state index contributed by atoms with van der Waals surface area (Å²) in [5, 5.41) is 6.99. The number of nitrogens with two attached hydrogens (primary N) is 1. The number of nitrogens with one attached hydrogen (secondary N) is 1. The van der Waals surface area contributed by atoms with Gasteiger partial charge in [0.1, 0.15) is 6.04 Å². The SMILES string of the molecule is CC(Cn1cccn1)NC(=O)[C@H](N)c1ccccc1. The number of benzene rings is 1. The van der Waals surface area contributed by atoms with Gasteiger partial charge in [0.25, 0.3) is 0 Å². The van der Waals surface area contributed by atoms with Gasteiger partial charge in [-0.05, 0) is 18.6 Å². The van der Waals surface area contributed by atoms with Crippen LogP contribution in [0.2, 0.25) is 0 Å². The van der Waals surface area contributed by atoms with E-state index in [9.17, 15) is 4.79 Å². The summed E-state index contributed by atoms with van der Waals surface area (Å²) in [5.74, 6) is -0.175. The van der Waals surface area contributed by atoms with Crippen LogP contribution in [0.5, 0.6) is 0 Å². The molecule has 5 nitrogen and oxygen atoms in total. The highest BCUT2D eigenvalue weighted by Gasteiger charge is 2.17. The van der Waals surface area contributed by atoms with Crippen molar-refractivity contribution in [3.63, 3.8) is 0 Å². The van der Waals surface area contributed by atoms with Gasteiger partial charge in [-0.1, -0.05) is 30.3 Å². The second-order valence-corrected chi connectivity index (χ2v) is 4.53. The second-order valence-electron chi connectivity index (χ2n) is 4.53. The van der Waals surface area contributed by atoms with Crippen molar-refractivity contribution >= 4 is 5.91 Å². The molecule has 1 heterocycles. The average molecular weight is 258 g/mol. The Bertz CT molecular complexity index is 510. The van der Waals surface area contributed by atoms with E-state index in [1.54, 1.807) is 10.9 Å². The summed E-state index contributed by atoms with van der Waals surface area (Å²) in [6, 6.07) is 10.5. The quantitative estimate of drug-likeness (QED) is 0.843. The highest BCUT2D eigenvalue weighted by atomic mass is 16.2. The van der Waals surface area contributed by atoms with Crippen LogP contribution in [0, 0.1) is 0 Å². The van der Waals surface area contributed by atoms with E-state index in [4.69, 9.17) is 5.73 Å². The molecule has 1 aromatic heterocycles. The standard InChI is InChI=1S/C14H18N4O/c1-11(10-18-9-5-8-16-18)17-14(19)13(15)12-6-3-2-4-7-12/h2-9,11,13H,10,15H2,1H3,(H,17,19)/t11?,13-/m1/s1. The lowest BCUT2D eigenvalue weighted by molar-refractivity contribution is -0.123. The van der Waals surface area contributed by atoms with Crippen molar-refractivity contribution in [2.75, 3.05) is 0 Å². The number of hydrogen-bond acceptors (Lipinski definition) is 3. The van der Waals surface area contributed by atoms with Crippen LogP contribution in [0.25, 0.3) is 0 Å². The van der Waals surface area contributed by atoms with Gasteiger partial charge in [-0.25, -0.2) is 0 Å². The van der Waals surface area contributed by atoms with Crippen LogP contribution in [-0.4, -0.2) is 21.7 Å². The molecule has 2 aromatic rings. The predicted octanol–water partition coefficient (Wildman–Crippen LogP) is 1.09. The van der Waals surface area contributed by atoms with E-state index in [0.29, 0.717) is 6.54 Å². The smallest absolute Gasteiger partial charge is 0.241 e. The molecule has 3 N–H and O–H groups in total. The second kappa shape index (κ2) is 6.15. The van der Waals surface area contributed by atoms with Crippen molar-refractivity contribution in [1.29, 1.82) is 0 Å². The van der Waals surface area contributed by atoms with E-state index >= 15 is 0 Å². The van der Waals surface area contributed by atoms with Gasteiger partial charge in [-0.3, -0.25) is 9.48 Å². The van der Waals surface area contributed by atoms with Gasteiger partial charge in [-0.2, -0.15) is 5.10 Å². The summed E-state index contributed by atoms with van der Waals surface area (Å²) in [6.45, 7) is 2.55. The summed E-state index contributed by atoms with van der Waals surface area (Å²) >= 11 is 0. The van der Waals surface area contributed by atoms with Gasteiger partial charge >= 0.3 is 0 Å². The zero-order valence-corrected chi connectivity index (χ0v) is 10.9. The van der Waals surface area contributed by atoms with E-state index in [-0.39, 0.29) is 11.9 Å². The molecule has 0 bridgehead atoms. The highest BCUT2D eigenvalue weighted by molar-refractivity contribution is 5.83. The van der Waals surface area contributed by atoms with Crippen LogP contribution in [-0.2, 0) is 11.3 Å².